The summed E-state index contributed by atoms with van der Waals surface area (Å²) < 4.78 is 2.00. The van der Waals surface area contributed by atoms with Crippen molar-refractivity contribution < 1.29 is 4.79 Å². The lowest BCUT2D eigenvalue weighted by Gasteiger charge is -2.24. The average molecular weight is 341 g/mol. The molecule has 3 rings (SSSR count). The molecule has 24 heavy (non-hydrogen) atoms. The van der Waals surface area contributed by atoms with Crippen LogP contribution in [0.3, 0.4) is 0 Å². The normalized spacial score (nSPS) is 12.6. The minimum absolute atomic E-state index is 0.0191. The van der Waals surface area contributed by atoms with Crippen LogP contribution < -0.4 is 0 Å². The molecular weight excluding hydrogens is 318 g/mol. The first-order valence-corrected chi connectivity index (χ1v) is 8.89. The van der Waals surface area contributed by atoms with Crippen molar-refractivity contribution >= 4 is 28.1 Å². The molecular formula is C19H23N3OS. The summed E-state index contributed by atoms with van der Waals surface area (Å²) in [7, 11) is 3.81. The lowest BCUT2D eigenvalue weighted by molar-refractivity contribution is 0.0730. The molecule has 2 heterocycles. The standard InChI is InChI=1S/C19H23N3OS/c1-11-8-7-9-15-10-16(22(6)18(11)15)19(23)21(5)12(2)17-13(3)24-14(4)20-17/h7-10,12H,1-6H3. The molecule has 0 saturated heterocycles. The number of hydrogen-bond donors (Lipinski definition) is 0. The number of hydrogen-bond acceptors (Lipinski definition) is 3. The first-order chi connectivity index (χ1) is 11.3. The molecule has 0 aliphatic carbocycles. The van der Waals surface area contributed by atoms with E-state index in [2.05, 4.69) is 31.0 Å². The van der Waals surface area contributed by atoms with Crippen molar-refractivity contribution in [3.05, 3.63) is 51.1 Å². The third kappa shape index (κ3) is 2.63. The Balaban J connectivity index is 1.98. The van der Waals surface area contributed by atoms with Gasteiger partial charge in [-0.25, -0.2) is 4.98 Å². The zero-order chi connectivity index (χ0) is 17.6. The van der Waals surface area contributed by atoms with Gasteiger partial charge in [-0.3, -0.25) is 4.79 Å². The summed E-state index contributed by atoms with van der Waals surface area (Å²) in [5.41, 5.74) is 3.99. The number of para-hydroxylation sites is 1. The average Bonchev–Trinajstić information content (AvgIpc) is 3.05. The summed E-state index contributed by atoms with van der Waals surface area (Å²) >= 11 is 1.68. The second-order valence-electron chi connectivity index (χ2n) is 6.37. The van der Waals surface area contributed by atoms with E-state index in [4.69, 9.17) is 0 Å². The van der Waals surface area contributed by atoms with Gasteiger partial charge in [-0.2, -0.15) is 0 Å². The van der Waals surface area contributed by atoms with Crippen LogP contribution in [0.5, 0.6) is 0 Å². The second kappa shape index (κ2) is 6.06. The van der Waals surface area contributed by atoms with E-state index in [0.29, 0.717) is 5.69 Å². The number of benzene rings is 1. The van der Waals surface area contributed by atoms with Gasteiger partial charge in [-0.05, 0) is 39.3 Å². The minimum Gasteiger partial charge on any atom is -0.339 e. The van der Waals surface area contributed by atoms with Crippen LogP contribution in [0.4, 0.5) is 0 Å². The molecule has 4 nitrogen and oxygen atoms in total. The van der Waals surface area contributed by atoms with E-state index in [1.54, 1.807) is 16.2 Å². The molecule has 3 aromatic rings. The zero-order valence-electron chi connectivity index (χ0n) is 15.0. The number of amides is 1. The Kier molecular flexibility index (Phi) is 4.22. The third-order valence-electron chi connectivity index (χ3n) is 4.71. The van der Waals surface area contributed by atoms with Crippen LogP contribution >= 0.6 is 11.3 Å². The summed E-state index contributed by atoms with van der Waals surface area (Å²) in [6.07, 6.45) is 0. The van der Waals surface area contributed by atoms with Crippen molar-refractivity contribution in [3.63, 3.8) is 0 Å². The Morgan fingerprint density at radius 3 is 2.58 bits per heavy atom. The highest BCUT2D eigenvalue weighted by molar-refractivity contribution is 7.11. The molecule has 0 fully saturated rings. The number of aryl methyl sites for hydroxylation is 4. The van der Waals surface area contributed by atoms with Crippen molar-refractivity contribution in [2.24, 2.45) is 7.05 Å². The lowest BCUT2D eigenvalue weighted by atomic mass is 10.1. The van der Waals surface area contributed by atoms with Gasteiger partial charge in [0, 0.05) is 24.4 Å². The van der Waals surface area contributed by atoms with Gasteiger partial charge in [0.2, 0.25) is 0 Å². The first kappa shape index (κ1) is 16.7. The fraction of sp³-hybridized carbons (Fsp3) is 0.368. The van der Waals surface area contributed by atoms with Crippen molar-refractivity contribution in [1.29, 1.82) is 0 Å². The number of rotatable bonds is 3. The van der Waals surface area contributed by atoms with E-state index in [0.717, 1.165) is 21.6 Å². The number of thiazole rings is 1. The number of nitrogens with zero attached hydrogens (tertiary/aromatic N) is 3. The van der Waals surface area contributed by atoms with Gasteiger partial charge in [-0.15, -0.1) is 11.3 Å². The van der Waals surface area contributed by atoms with Gasteiger partial charge in [-0.1, -0.05) is 18.2 Å². The molecule has 0 spiro atoms. The molecule has 1 aromatic carbocycles. The Bertz CT molecular complexity index is 922. The summed E-state index contributed by atoms with van der Waals surface area (Å²) in [6.45, 7) is 8.18. The largest absolute Gasteiger partial charge is 0.339 e. The highest BCUT2D eigenvalue weighted by Gasteiger charge is 2.25. The van der Waals surface area contributed by atoms with E-state index in [9.17, 15) is 4.79 Å². The molecule has 1 amide bonds. The summed E-state index contributed by atoms with van der Waals surface area (Å²) in [6, 6.07) is 8.08. The predicted molar refractivity (Wildman–Crippen MR) is 99.8 cm³/mol. The SMILES string of the molecule is Cc1nc(C(C)N(C)C(=O)c2cc3cccc(C)c3n2C)c(C)s1. The third-order valence-corrected chi connectivity index (χ3v) is 5.62. The molecule has 1 atom stereocenters. The Labute approximate surface area is 146 Å². The van der Waals surface area contributed by atoms with Gasteiger partial charge in [0.05, 0.1) is 22.3 Å². The molecule has 0 bridgehead atoms. The highest BCUT2D eigenvalue weighted by Crippen LogP contribution is 2.28. The van der Waals surface area contributed by atoms with E-state index in [1.807, 2.05) is 44.6 Å². The minimum atomic E-state index is -0.0541. The van der Waals surface area contributed by atoms with Crippen LogP contribution in [0.25, 0.3) is 10.9 Å². The lowest BCUT2D eigenvalue weighted by Crippen LogP contribution is -2.31. The molecule has 0 saturated carbocycles. The fourth-order valence-corrected chi connectivity index (χ4v) is 4.21. The molecule has 0 radical (unpaired) electrons. The number of fused-ring (bicyclic) bond motifs is 1. The van der Waals surface area contributed by atoms with E-state index >= 15 is 0 Å². The molecule has 1 unspecified atom stereocenters. The van der Waals surface area contributed by atoms with Crippen LogP contribution in [0.15, 0.2) is 24.3 Å². The Morgan fingerprint density at radius 1 is 1.29 bits per heavy atom. The van der Waals surface area contributed by atoms with Crippen molar-refractivity contribution in [1.82, 2.24) is 14.5 Å². The monoisotopic (exact) mass is 341 g/mol. The number of aromatic nitrogens is 2. The van der Waals surface area contributed by atoms with E-state index < -0.39 is 0 Å². The number of carbonyl (C=O) groups excluding carboxylic acids is 1. The van der Waals surface area contributed by atoms with Crippen molar-refractivity contribution in [2.75, 3.05) is 7.05 Å². The zero-order valence-corrected chi connectivity index (χ0v) is 15.9. The molecule has 2 aromatic heterocycles. The summed E-state index contributed by atoms with van der Waals surface area (Å²) in [5, 5.41) is 2.14. The number of carbonyl (C=O) groups is 1. The van der Waals surface area contributed by atoms with Crippen molar-refractivity contribution in [3.8, 4) is 0 Å². The predicted octanol–water partition coefficient (Wildman–Crippen LogP) is 4.39. The second-order valence-corrected chi connectivity index (χ2v) is 7.78. The first-order valence-electron chi connectivity index (χ1n) is 8.07. The summed E-state index contributed by atoms with van der Waals surface area (Å²) in [4.78, 5) is 20.6. The highest BCUT2D eigenvalue weighted by atomic mass is 32.1. The smallest absolute Gasteiger partial charge is 0.270 e. The van der Waals surface area contributed by atoms with E-state index in [1.165, 1.54) is 10.4 Å². The van der Waals surface area contributed by atoms with Crippen LogP contribution in [0.1, 0.15) is 44.6 Å². The summed E-state index contributed by atoms with van der Waals surface area (Å²) in [5.74, 6) is 0.0191. The molecule has 0 N–H and O–H groups in total. The van der Waals surface area contributed by atoms with Gasteiger partial charge in [0.25, 0.3) is 5.91 Å². The Morgan fingerprint density at radius 2 is 2.00 bits per heavy atom. The molecule has 0 aliphatic heterocycles. The maximum atomic E-state index is 13.1. The van der Waals surface area contributed by atoms with Gasteiger partial charge in [0.1, 0.15) is 5.69 Å². The van der Waals surface area contributed by atoms with Crippen LogP contribution in [-0.2, 0) is 7.05 Å². The van der Waals surface area contributed by atoms with Gasteiger partial charge in [0.15, 0.2) is 0 Å². The van der Waals surface area contributed by atoms with Gasteiger partial charge < -0.3 is 9.47 Å². The fourth-order valence-electron chi connectivity index (χ4n) is 3.30. The molecule has 5 heteroatoms. The quantitative estimate of drug-likeness (QED) is 0.708. The van der Waals surface area contributed by atoms with Crippen LogP contribution in [-0.4, -0.2) is 27.4 Å². The van der Waals surface area contributed by atoms with Gasteiger partial charge >= 0.3 is 0 Å². The Hall–Kier alpha value is -2.14. The maximum absolute atomic E-state index is 13.1. The maximum Gasteiger partial charge on any atom is 0.270 e. The molecule has 0 aliphatic rings. The topological polar surface area (TPSA) is 38.1 Å². The van der Waals surface area contributed by atoms with Crippen LogP contribution in [0, 0.1) is 20.8 Å². The molecule has 126 valence electrons. The van der Waals surface area contributed by atoms with E-state index in [-0.39, 0.29) is 11.9 Å². The van der Waals surface area contributed by atoms with Crippen LogP contribution in [0.2, 0.25) is 0 Å². The van der Waals surface area contributed by atoms with Crippen molar-refractivity contribution in [2.45, 2.75) is 33.7 Å².